The number of ether oxygens (including phenoxy) is 1. The highest BCUT2D eigenvalue weighted by atomic mass is 32.2. The first-order valence-electron chi connectivity index (χ1n) is 12.5. The van der Waals surface area contributed by atoms with Gasteiger partial charge in [0.15, 0.2) is 5.16 Å². The molecule has 4 heterocycles. The molecule has 5 aromatic rings. The summed E-state index contributed by atoms with van der Waals surface area (Å²) in [6.45, 7) is 6.76. The van der Waals surface area contributed by atoms with Crippen LogP contribution < -0.4 is 10.9 Å². The van der Waals surface area contributed by atoms with Crippen LogP contribution in [0.3, 0.4) is 0 Å². The molecule has 0 radical (unpaired) electrons. The molecular formula is C28H27N5O3S2. The molecule has 0 aliphatic carbocycles. The molecule has 1 N–H and O–H groups in total. The molecule has 0 saturated heterocycles. The molecule has 1 amide bonds. The van der Waals surface area contributed by atoms with Gasteiger partial charge in [-0.25, -0.2) is 8.97 Å². The minimum Gasteiger partial charge on any atom is -0.372 e. The average molecular weight is 546 g/mol. The monoisotopic (exact) mass is 545 g/mol. The number of amides is 1. The van der Waals surface area contributed by atoms with Crippen LogP contribution >= 0.6 is 23.1 Å². The summed E-state index contributed by atoms with van der Waals surface area (Å²) in [4.78, 5) is 28.6. The first kappa shape index (κ1) is 24.8. The number of aryl methyl sites for hydroxylation is 1. The zero-order valence-electron chi connectivity index (χ0n) is 21.3. The molecule has 194 valence electrons. The van der Waals surface area contributed by atoms with Crippen LogP contribution in [0.25, 0.3) is 21.7 Å². The molecule has 10 heteroatoms. The molecule has 1 atom stereocenters. The van der Waals surface area contributed by atoms with Gasteiger partial charge in [0.2, 0.25) is 11.7 Å². The van der Waals surface area contributed by atoms with Gasteiger partial charge in [-0.2, -0.15) is 0 Å². The van der Waals surface area contributed by atoms with Crippen molar-refractivity contribution in [3.63, 3.8) is 0 Å². The van der Waals surface area contributed by atoms with Gasteiger partial charge in [-0.15, -0.1) is 21.5 Å². The molecule has 0 saturated carbocycles. The molecule has 2 aromatic carbocycles. The fourth-order valence-electron chi connectivity index (χ4n) is 4.73. The van der Waals surface area contributed by atoms with Crippen LogP contribution in [0.15, 0.2) is 64.5 Å². The van der Waals surface area contributed by atoms with E-state index in [0.29, 0.717) is 35.3 Å². The fraction of sp³-hybridized carbons (Fsp3) is 0.286. The zero-order valence-corrected chi connectivity index (χ0v) is 22.9. The van der Waals surface area contributed by atoms with Crippen molar-refractivity contribution in [3.8, 4) is 5.69 Å². The van der Waals surface area contributed by atoms with Crippen LogP contribution in [0.2, 0.25) is 0 Å². The zero-order chi connectivity index (χ0) is 26.4. The summed E-state index contributed by atoms with van der Waals surface area (Å²) >= 11 is 2.85. The maximum Gasteiger partial charge on any atom is 0.268 e. The Hall–Kier alpha value is -3.47. The van der Waals surface area contributed by atoms with E-state index in [4.69, 9.17) is 4.74 Å². The highest BCUT2D eigenvalue weighted by Gasteiger charge is 2.30. The largest absolute Gasteiger partial charge is 0.372 e. The van der Waals surface area contributed by atoms with Crippen LogP contribution in [0.1, 0.15) is 29.9 Å². The van der Waals surface area contributed by atoms with Crippen molar-refractivity contribution in [3.05, 3.63) is 81.0 Å². The number of hydrogen-bond acceptors (Lipinski definition) is 7. The van der Waals surface area contributed by atoms with E-state index >= 15 is 0 Å². The molecule has 6 rings (SSSR count). The lowest BCUT2D eigenvalue weighted by atomic mass is 9.96. The second-order valence-corrected chi connectivity index (χ2v) is 11.8. The number of aromatic nitrogens is 4. The van der Waals surface area contributed by atoms with E-state index < -0.39 is 0 Å². The van der Waals surface area contributed by atoms with Gasteiger partial charge < -0.3 is 10.1 Å². The molecule has 1 unspecified atom stereocenters. The van der Waals surface area contributed by atoms with Crippen molar-refractivity contribution >= 4 is 50.7 Å². The van der Waals surface area contributed by atoms with E-state index in [-0.39, 0.29) is 23.3 Å². The summed E-state index contributed by atoms with van der Waals surface area (Å²) in [6.07, 6.45) is 0.743. The number of thiophene rings is 1. The number of benzene rings is 2. The third-order valence-electron chi connectivity index (χ3n) is 6.77. The number of para-hydroxylation sites is 1. The van der Waals surface area contributed by atoms with E-state index in [9.17, 15) is 9.59 Å². The van der Waals surface area contributed by atoms with E-state index in [1.54, 1.807) is 15.9 Å². The SMILES string of the molecule is Cc1ccc(NC(=O)CSc2nnc3n(-c4ccccc4)c(=O)c4c5c(sc4n23)COC(C(C)C)C5)cc1. The van der Waals surface area contributed by atoms with Crippen LogP contribution in [-0.4, -0.2) is 36.9 Å². The first-order valence-corrected chi connectivity index (χ1v) is 14.3. The summed E-state index contributed by atoms with van der Waals surface area (Å²) in [5, 5.41) is 13.0. The Morgan fingerprint density at radius 2 is 1.92 bits per heavy atom. The molecule has 0 spiro atoms. The predicted octanol–water partition coefficient (Wildman–Crippen LogP) is 5.23. The molecule has 1 aliphatic rings. The number of nitrogens with zero attached hydrogens (tertiary/aromatic N) is 4. The quantitative estimate of drug-likeness (QED) is 0.294. The number of rotatable bonds is 6. The lowest BCUT2D eigenvalue weighted by Crippen LogP contribution is -2.28. The van der Waals surface area contributed by atoms with Crippen molar-refractivity contribution in [1.29, 1.82) is 0 Å². The van der Waals surface area contributed by atoms with Crippen LogP contribution in [0.4, 0.5) is 5.69 Å². The fourth-order valence-corrected chi connectivity index (χ4v) is 6.77. The van der Waals surface area contributed by atoms with Gasteiger partial charge in [0.05, 0.1) is 29.5 Å². The van der Waals surface area contributed by atoms with Gasteiger partial charge in [-0.1, -0.05) is 61.5 Å². The summed E-state index contributed by atoms with van der Waals surface area (Å²) in [7, 11) is 0. The Kier molecular flexibility index (Phi) is 6.55. The third-order valence-corrected chi connectivity index (χ3v) is 8.89. The van der Waals surface area contributed by atoms with Crippen molar-refractivity contribution in [2.24, 2.45) is 5.92 Å². The Bertz CT molecular complexity index is 1700. The highest BCUT2D eigenvalue weighted by molar-refractivity contribution is 7.99. The minimum atomic E-state index is -0.137. The van der Waals surface area contributed by atoms with Crippen LogP contribution in [0.5, 0.6) is 0 Å². The molecule has 38 heavy (non-hydrogen) atoms. The van der Waals surface area contributed by atoms with Crippen molar-refractivity contribution in [2.45, 2.75) is 45.1 Å². The lowest BCUT2D eigenvalue weighted by Gasteiger charge is -2.26. The Balaban J connectivity index is 1.45. The van der Waals surface area contributed by atoms with Gasteiger partial charge in [0.25, 0.3) is 5.56 Å². The van der Waals surface area contributed by atoms with E-state index in [1.165, 1.54) is 11.8 Å². The molecule has 0 fully saturated rings. The second kappa shape index (κ2) is 10.0. The van der Waals surface area contributed by atoms with Gasteiger partial charge >= 0.3 is 0 Å². The summed E-state index contributed by atoms with van der Waals surface area (Å²) in [5.74, 6) is 0.785. The van der Waals surface area contributed by atoms with E-state index in [1.807, 2.05) is 65.9 Å². The predicted molar refractivity (Wildman–Crippen MR) is 152 cm³/mol. The molecule has 3 aromatic heterocycles. The van der Waals surface area contributed by atoms with Crippen LogP contribution in [0, 0.1) is 12.8 Å². The number of carbonyl (C=O) groups excluding carboxylic acids is 1. The lowest BCUT2D eigenvalue weighted by molar-refractivity contribution is -0.113. The average Bonchev–Trinajstić information content (AvgIpc) is 3.51. The number of thioether (sulfide) groups is 1. The van der Waals surface area contributed by atoms with Gasteiger partial charge in [-0.05, 0) is 42.7 Å². The summed E-state index contributed by atoms with van der Waals surface area (Å²) in [5.41, 5.74) is 3.54. The number of carbonyl (C=O) groups is 1. The molecule has 1 aliphatic heterocycles. The van der Waals surface area contributed by atoms with Gasteiger partial charge in [-0.3, -0.25) is 9.59 Å². The molecule has 8 nitrogen and oxygen atoms in total. The first-order chi connectivity index (χ1) is 18.4. The number of nitrogens with one attached hydrogen (secondary N) is 1. The Labute approximate surface area is 227 Å². The van der Waals surface area contributed by atoms with Gasteiger partial charge in [0.1, 0.15) is 4.83 Å². The minimum absolute atomic E-state index is 0.0563. The summed E-state index contributed by atoms with van der Waals surface area (Å²) in [6, 6.07) is 17.2. The van der Waals surface area contributed by atoms with Crippen molar-refractivity contribution < 1.29 is 9.53 Å². The molecular weight excluding hydrogens is 518 g/mol. The smallest absolute Gasteiger partial charge is 0.268 e. The third kappa shape index (κ3) is 4.42. The normalized spacial score (nSPS) is 15.3. The van der Waals surface area contributed by atoms with E-state index in [2.05, 4.69) is 29.4 Å². The molecule has 0 bridgehead atoms. The Morgan fingerprint density at radius 3 is 2.66 bits per heavy atom. The number of hydrogen-bond donors (Lipinski definition) is 1. The maximum atomic E-state index is 14.0. The topological polar surface area (TPSA) is 90.5 Å². The standard InChI is InChI=1S/C28H27N5O3S2/c1-16(2)21-13-20-22(14-36-21)38-26-24(20)25(35)32(19-7-5-4-6-8-19)27-30-31-28(33(26)27)37-15-23(34)29-18-11-9-17(3)10-12-18/h4-12,16,21H,13-15H2,1-3H3,(H,29,34). The van der Waals surface area contributed by atoms with Gasteiger partial charge in [0, 0.05) is 17.0 Å². The highest BCUT2D eigenvalue weighted by Crippen LogP contribution is 2.37. The van der Waals surface area contributed by atoms with Crippen molar-refractivity contribution in [1.82, 2.24) is 19.2 Å². The Morgan fingerprint density at radius 1 is 1.16 bits per heavy atom. The van der Waals surface area contributed by atoms with E-state index in [0.717, 1.165) is 32.2 Å². The summed E-state index contributed by atoms with van der Waals surface area (Å²) < 4.78 is 9.66. The van der Waals surface area contributed by atoms with Crippen LogP contribution in [-0.2, 0) is 22.6 Å². The maximum absolute atomic E-state index is 14.0. The number of anilines is 1. The number of fused-ring (bicyclic) bond motifs is 5. The van der Waals surface area contributed by atoms with Crippen molar-refractivity contribution in [2.75, 3.05) is 11.1 Å². The second-order valence-electron chi connectivity index (χ2n) is 9.78.